The molecule has 0 fully saturated rings. The first-order valence-electron chi connectivity index (χ1n) is 5.96. The number of rotatable bonds is 2. The summed E-state index contributed by atoms with van der Waals surface area (Å²) in [5.74, 6) is 1.14. The average molecular weight is 319 g/mol. The van der Waals surface area contributed by atoms with Gasteiger partial charge in [-0.05, 0) is 38.0 Å². The third-order valence-electron chi connectivity index (χ3n) is 3.40. The Hall–Kier alpha value is -0.700. The fourth-order valence-electron chi connectivity index (χ4n) is 1.80. The second kappa shape index (κ2) is 5.35. The molecule has 1 aromatic rings. The van der Waals surface area contributed by atoms with Gasteiger partial charge in [-0.2, -0.15) is 0 Å². The Morgan fingerprint density at radius 3 is 2.32 bits per heavy atom. The lowest BCUT2D eigenvalue weighted by molar-refractivity contribution is 0.364. The molecular weight excluding hydrogens is 305 g/mol. The fourth-order valence-corrected chi connectivity index (χ4v) is 2.57. The number of hydrogen-bond donors (Lipinski definition) is 0. The molecule has 0 saturated carbocycles. The first kappa shape index (κ1) is 14.7. The summed E-state index contributed by atoms with van der Waals surface area (Å²) >= 11 is 18.1. The molecule has 5 heteroatoms. The first-order chi connectivity index (χ1) is 8.91. The van der Waals surface area contributed by atoms with E-state index >= 15 is 0 Å². The minimum atomic E-state index is -0.430. The zero-order valence-corrected chi connectivity index (χ0v) is 13.2. The second-order valence-corrected chi connectivity index (χ2v) is 5.72. The Balaban J connectivity index is 2.47. The normalized spacial score (nSPS) is 24.5. The Morgan fingerprint density at radius 2 is 1.89 bits per heavy atom. The van der Waals surface area contributed by atoms with Crippen molar-refractivity contribution < 1.29 is 4.74 Å². The average Bonchev–Trinajstić information content (AvgIpc) is 2.73. The smallest absolute Gasteiger partial charge is 0.222 e. The predicted octanol–water partition coefficient (Wildman–Crippen LogP) is 5.33. The molecule has 0 radical (unpaired) electrons. The molecule has 102 valence electrons. The van der Waals surface area contributed by atoms with Gasteiger partial charge in [0.2, 0.25) is 5.90 Å². The van der Waals surface area contributed by atoms with Crippen molar-refractivity contribution in [2.75, 3.05) is 0 Å². The van der Waals surface area contributed by atoms with Crippen LogP contribution in [0.3, 0.4) is 0 Å². The van der Waals surface area contributed by atoms with Crippen molar-refractivity contribution in [2.24, 2.45) is 4.99 Å². The molecule has 0 spiro atoms. The van der Waals surface area contributed by atoms with Gasteiger partial charge in [0.1, 0.15) is 11.3 Å². The van der Waals surface area contributed by atoms with Crippen molar-refractivity contribution in [2.45, 2.75) is 32.7 Å². The van der Waals surface area contributed by atoms with Crippen LogP contribution >= 0.6 is 34.8 Å². The number of benzene rings is 1. The maximum atomic E-state index is 6.14. The van der Waals surface area contributed by atoms with Crippen molar-refractivity contribution in [3.05, 3.63) is 44.6 Å². The second-order valence-electron chi connectivity index (χ2n) is 4.68. The van der Waals surface area contributed by atoms with Crippen LogP contribution in [0.25, 0.3) is 0 Å². The van der Waals surface area contributed by atoms with Crippen LogP contribution in [0.1, 0.15) is 31.4 Å². The Bertz CT molecular complexity index is 557. The monoisotopic (exact) mass is 317 g/mol. The highest BCUT2D eigenvalue weighted by molar-refractivity contribution is 6.36. The number of ether oxygens (including phenoxy) is 1. The number of nitrogens with zero attached hydrogens (tertiary/aromatic N) is 1. The SMILES string of the molecule is CCC1(C)N=C(c2cc(Cl)c(C)c(Cl)c2)O/C1=C\Cl. The van der Waals surface area contributed by atoms with Gasteiger partial charge in [0.05, 0.1) is 0 Å². The molecule has 1 aromatic carbocycles. The minimum absolute atomic E-state index is 0.430. The Morgan fingerprint density at radius 1 is 1.32 bits per heavy atom. The molecule has 2 nitrogen and oxygen atoms in total. The quantitative estimate of drug-likeness (QED) is 0.722. The molecule has 19 heavy (non-hydrogen) atoms. The molecule has 1 unspecified atom stereocenters. The summed E-state index contributed by atoms with van der Waals surface area (Å²) in [4.78, 5) is 4.60. The maximum absolute atomic E-state index is 6.14. The van der Waals surface area contributed by atoms with E-state index in [0.29, 0.717) is 21.7 Å². The van der Waals surface area contributed by atoms with Crippen LogP contribution < -0.4 is 0 Å². The highest BCUT2D eigenvalue weighted by Gasteiger charge is 2.36. The molecule has 0 amide bonds. The first-order valence-corrected chi connectivity index (χ1v) is 7.15. The van der Waals surface area contributed by atoms with E-state index in [4.69, 9.17) is 39.5 Å². The van der Waals surface area contributed by atoms with Crippen molar-refractivity contribution in [1.29, 1.82) is 0 Å². The van der Waals surface area contributed by atoms with Gasteiger partial charge in [-0.25, -0.2) is 4.99 Å². The Labute approximate surface area is 128 Å². The molecule has 0 N–H and O–H groups in total. The van der Waals surface area contributed by atoms with Crippen molar-refractivity contribution in [3.63, 3.8) is 0 Å². The van der Waals surface area contributed by atoms with Crippen LogP contribution in [0.2, 0.25) is 10.0 Å². The van der Waals surface area contributed by atoms with Crippen LogP contribution in [0.5, 0.6) is 0 Å². The summed E-state index contributed by atoms with van der Waals surface area (Å²) in [6.07, 6.45) is 0.794. The van der Waals surface area contributed by atoms with Crippen LogP contribution in [0.15, 0.2) is 28.4 Å². The molecule has 2 rings (SSSR count). The lowest BCUT2D eigenvalue weighted by Crippen LogP contribution is -2.19. The summed E-state index contributed by atoms with van der Waals surface area (Å²) in [6.45, 7) is 5.88. The Kier molecular flexibility index (Phi) is 4.14. The van der Waals surface area contributed by atoms with Gasteiger partial charge in [0.25, 0.3) is 0 Å². The summed E-state index contributed by atoms with van der Waals surface area (Å²) < 4.78 is 5.71. The van der Waals surface area contributed by atoms with Gasteiger partial charge in [0.15, 0.2) is 0 Å². The third-order valence-corrected chi connectivity index (χ3v) is 4.38. The van der Waals surface area contributed by atoms with E-state index in [1.165, 1.54) is 5.54 Å². The van der Waals surface area contributed by atoms with E-state index in [1.54, 1.807) is 12.1 Å². The van der Waals surface area contributed by atoms with Crippen molar-refractivity contribution in [1.82, 2.24) is 0 Å². The summed E-state index contributed by atoms with van der Waals surface area (Å²) in [5, 5.41) is 1.19. The topological polar surface area (TPSA) is 21.6 Å². The molecule has 0 aliphatic carbocycles. The third kappa shape index (κ3) is 2.62. The van der Waals surface area contributed by atoms with E-state index < -0.39 is 5.54 Å². The largest absolute Gasteiger partial charge is 0.440 e. The van der Waals surface area contributed by atoms with E-state index in [9.17, 15) is 0 Å². The molecule has 0 bridgehead atoms. The summed E-state index contributed by atoms with van der Waals surface area (Å²) in [6, 6.07) is 3.60. The van der Waals surface area contributed by atoms with Crippen LogP contribution in [0.4, 0.5) is 0 Å². The van der Waals surface area contributed by atoms with Crippen LogP contribution in [0, 0.1) is 6.92 Å². The van der Waals surface area contributed by atoms with Gasteiger partial charge in [0, 0.05) is 21.1 Å². The zero-order valence-electron chi connectivity index (χ0n) is 10.9. The van der Waals surface area contributed by atoms with Gasteiger partial charge in [-0.15, -0.1) is 0 Å². The van der Waals surface area contributed by atoms with Gasteiger partial charge in [-0.1, -0.05) is 41.7 Å². The molecular formula is C14H14Cl3NO. The maximum Gasteiger partial charge on any atom is 0.222 e. The van der Waals surface area contributed by atoms with E-state index in [1.807, 2.05) is 20.8 Å². The minimum Gasteiger partial charge on any atom is -0.440 e. The predicted molar refractivity (Wildman–Crippen MR) is 81.5 cm³/mol. The van der Waals surface area contributed by atoms with E-state index in [-0.39, 0.29) is 0 Å². The molecule has 1 heterocycles. The molecule has 0 saturated heterocycles. The standard InChI is InChI=1S/C14H14Cl3NO/c1-4-14(3)12(7-15)19-13(18-14)9-5-10(16)8(2)11(17)6-9/h5-7H,4H2,1-3H3/b12-7-. The lowest BCUT2D eigenvalue weighted by atomic mass is 9.99. The fraction of sp³-hybridized carbons (Fsp3) is 0.357. The summed E-state index contributed by atoms with van der Waals surface area (Å²) in [7, 11) is 0. The van der Waals surface area contributed by atoms with Crippen LogP contribution in [-0.4, -0.2) is 11.4 Å². The highest BCUT2D eigenvalue weighted by atomic mass is 35.5. The molecule has 0 aromatic heterocycles. The van der Waals surface area contributed by atoms with Gasteiger partial charge < -0.3 is 4.74 Å². The molecule has 1 aliphatic heterocycles. The highest BCUT2D eigenvalue weighted by Crippen LogP contribution is 2.36. The summed E-state index contributed by atoms with van der Waals surface area (Å²) in [5.41, 5.74) is 2.60. The van der Waals surface area contributed by atoms with E-state index in [0.717, 1.165) is 17.5 Å². The van der Waals surface area contributed by atoms with Crippen LogP contribution in [-0.2, 0) is 4.74 Å². The number of hydrogen-bond acceptors (Lipinski definition) is 2. The van der Waals surface area contributed by atoms with E-state index in [2.05, 4.69) is 4.99 Å². The molecule has 1 atom stereocenters. The zero-order chi connectivity index (χ0) is 14.2. The molecule has 1 aliphatic rings. The van der Waals surface area contributed by atoms with Crippen molar-refractivity contribution in [3.8, 4) is 0 Å². The van der Waals surface area contributed by atoms with Crippen molar-refractivity contribution >= 4 is 40.7 Å². The lowest BCUT2D eigenvalue weighted by Gasteiger charge is -2.16. The number of aliphatic imine (C=N–C) groups is 1. The van der Waals surface area contributed by atoms with Gasteiger partial charge >= 0.3 is 0 Å². The number of halogens is 3. The van der Waals surface area contributed by atoms with Gasteiger partial charge in [-0.3, -0.25) is 0 Å².